The molecule has 0 bridgehead atoms. The summed E-state index contributed by atoms with van der Waals surface area (Å²) in [5.74, 6) is -0.265. The van der Waals surface area contributed by atoms with E-state index >= 15 is 0 Å². The Morgan fingerprint density at radius 1 is 0.818 bits per heavy atom. The van der Waals surface area contributed by atoms with Gasteiger partial charge in [-0.1, -0.05) is 112 Å². The second kappa shape index (κ2) is 14.9. The average Bonchev–Trinajstić information content (AvgIpc) is 2.49. The number of alkyl halides is 3. The van der Waals surface area contributed by atoms with Gasteiger partial charge in [-0.05, 0) is 0 Å². The number of aliphatic hydroxyl groups excluding tert-OH is 1. The molecule has 1 N–H and O–H groups in total. The molecule has 0 fully saturated rings. The normalized spacial score (nSPS) is 14.9. The summed E-state index contributed by atoms with van der Waals surface area (Å²) in [6, 6.07) is 5.46. The van der Waals surface area contributed by atoms with Crippen molar-refractivity contribution < 1.29 is 5.11 Å². The quantitative estimate of drug-likeness (QED) is 0.238. The standard InChI is InChI=1S/C9H9Cl3GeNO.2C6H18NSi2/c10-9(11,12)8(15)6(5-13)7-3-1-2-4-14-7;2*1-8(2,3)7-9(4,5)6/h1-4,6,8,15H,5H2;2*1-6H3/q;2*-1/t6-,8+;;/m0../s1. The number of hydrogen-bond donors (Lipinski definition) is 1. The molecule has 0 aliphatic rings. The number of aliphatic hydroxyl groups is 1. The summed E-state index contributed by atoms with van der Waals surface area (Å²) in [5.41, 5.74) is 0.735. The van der Waals surface area contributed by atoms with Gasteiger partial charge in [0.2, 0.25) is 0 Å². The van der Waals surface area contributed by atoms with Crippen LogP contribution in [-0.2, 0) is 0 Å². The van der Waals surface area contributed by atoms with Gasteiger partial charge in [0.05, 0.1) is 0 Å². The van der Waals surface area contributed by atoms with Crippen LogP contribution in [0.2, 0.25) is 83.8 Å². The van der Waals surface area contributed by atoms with Gasteiger partial charge < -0.3 is 9.30 Å². The zero-order valence-corrected chi connectivity index (χ0v) is 31.0. The van der Waals surface area contributed by atoms with E-state index in [1.165, 1.54) is 0 Å². The van der Waals surface area contributed by atoms with Crippen molar-refractivity contribution in [3.63, 3.8) is 0 Å². The Morgan fingerprint density at radius 3 is 1.36 bits per heavy atom. The molecule has 4 nitrogen and oxygen atoms in total. The van der Waals surface area contributed by atoms with Crippen molar-refractivity contribution in [2.45, 2.75) is 99.6 Å². The fourth-order valence-electron chi connectivity index (χ4n) is 3.21. The second-order valence-corrected chi connectivity index (χ2v) is 34.3. The maximum absolute atomic E-state index is 9.86. The Bertz CT molecular complexity index is 606. The number of rotatable bonds is 7. The monoisotopic (exact) mass is 646 g/mol. The molecular weight excluding hydrogens is 602 g/mol. The van der Waals surface area contributed by atoms with Crippen LogP contribution in [0.3, 0.4) is 0 Å². The Balaban J connectivity index is 0. The van der Waals surface area contributed by atoms with Gasteiger partial charge in [0.15, 0.2) is 0 Å². The molecule has 0 aliphatic carbocycles. The molecule has 0 saturated heterocycles. The number of hydrogen-bond acceptors (Lipinski definition) is 2. The summed E-state index contributed by atoms with van der Waals surface area (Å²) < 4.78 is 7.96. The van der Waals surface area contributed by atoms with E-state index in [4.69, 9.17) is 44.1 Å². The van der Waals surface area contributed by atoms with Crippen molar-refractivity contribution in [1.82, 2.24) is 4.98 Å². The van der Waals surface area contributed by atoms with E-state index in [1.54, 1.807) is 12.3 Å². The molecule has 193 valence electrons. The second-order valence-electron chi connectivity index (χ2n) is 12.0. The van der Waals surface area contributed by atoms with Gasteiger partial charge in [-0.25, -0.2) is 0 Å². The van der Waals surface area contributed by atoms with E-state index in [2.05, 4.69) is 83.5 Å². The van der Waals surface area contributed by atoms with Gasteiger partial charge in [0, 0.05) is 0 Å². The molecule has 0 saturated carbocycles. The Kier molecular flexibility index (Phi) is 16.5. The first-order chi connectivity index (χ1) is 14.4. The molecule has 0 unspecified atom stereocenters. The molecule has 1 rings (SSSR count). The summed E-state index contributed by atoms with van der Waals surface area (Å²) >= 11 is 18.9. The van der Waals surface area contributed by atoms with Crippen LogP contribution in [0.5, 0.6) is 0 Å². The number of nitrogens with zero attached hydrogens (tertiary/aromatic N) is 3. The summed E-state index contributed by atoms with van der Waals surface area (Å²) in [6.45, 7) is 27.6. The molecule has 0 amide bonds. The van der Waals surface area contributed by atoms with E-state index in [1.807, 2.05) is 28.6 Å². The Hall–Kier alpha value is 1.31. The number of pyridine rings is 1. The van der Waals surface area contributed by atoms with Crippen molar-refractivity contribution in [2.75, 3.05) is 0 Å². The molecule has 1 heterocycles. The molecule has 12 heteroatoms. The minimum absolute atomic E-state index is 0.265. The van der Waals surface area contributed by atoms with Crippen LogP contribution in [0.4, 0.5) is 0 Å². The zero-order chi connectivity index (χ0) is 26.9. The molecular formula is C21H45Cl3GeN3OSi4-2. The minimum atomic E-state index is -1.68. The summed E-state index contributed by atoms with van der Waals surface area (Å²) in [5, 5.41) is 10.5. The first-order valence-electron chi connectivity index (χ1n) is 11.2. The van der Waals surface area contributed by atoms with Gasteiger partial charge in [-0.2, -0.15) is 0 Å². The third-order valence-electron chi connectivity index (χ3n) is 3.35. The van der Waals surface area contributed by atoms with Crippen LogP contribution < -0.4 is 0 Å². The SMILES string of the molecule is C[Si](C)(C)[N-][Si](C)(C)C.C[Si](C)(C)[N-][Si](C)(C)C.O[C@H]([C@@H]([CH2][Ge])c1ccccn1)C(Cl)(Cl)Cl. The zero-order valence-electron chi connectivity index (χ0n) is 22.6. The fourth-order valence-corrected chi connectivity index (χ4v) is 20.7. The molecule has 1 aromatic rings. The molecule has 0 spiro atoms. The number of aromatic nitrogens is 1. The fraction of sp³-hybridized carbons (Fsp3) is 0.762. The summed E-state index contributed by atoms with van der Waals surface area (Å²) in [6.07, 6.45) is 0.603. The third kappa shape index (κ3) is 23.5. The van der Waals surface area contributed by atoms with Crippen LogP contribution in [0.1, 0.15) is 11.6 Å². The topological polar surface area (TPSA) is 61.3 Å². The molecule has 2 atom stereocenters. The van der Waals surface area contributed by atoms with E-state index in [0.29, 0.717) is 5.25 Å². The molecule has 0 aromatic carbocycles. The van der Waals surface area contributed by atoms with E-state index < -0.39 is 42.8 Å². The maximum atomic E-state index is 9.86. The predicted molar refractivity (Wildman–Crippen MR) is 164 cm³/mol. The molecule has 33 heavy (non-hydrogen) atoms. The first-order valence-corrected chi connectivity index (χ1v) is 27.6. The van der Waals surface area contributed by atoms with Gasteiger partial charge in [-0.3, -0.25) is 0 Å². The molecule has 3 radical (unpaired) electrons. The van der Waals surface area contributed by atoms with Crippen molar-refractivity contribution >= 4 is 84.3 Å². The summed E-state index contributed by atoms with van der Waals surface area (Å²) in [7, 11) is -4.42. The van der Waals surface area contributed by atoms with Crippen LogP contribution in [0, 0.1) is 0 Å². The van der Waals surface area contributed by atoms with E-state index in [9.17, 15) is 5.11 Å². The molecule has 0 aliphatic heterocycles. The van der Waals surface area contributed by atoms with Crippen molar-refractivity contribution in [3.05, 3.63) is 39.4 Å². The van der Waals surface area contributed by atoms with Crippen LogP contribution in [0.25, 0.3) is 9.30 Å². The Morgan fingerprint density at radius 2 is 1.18 bits per heavy atom. The average molecular weight is 647 g/mol. The predicted octanol–water partition coefficient (Wildman–Crippen LogP) is 8.54. The van der Waals surface area contributed by atoms with Gasteiger partial charge >= 0.3 is 113 Å². The third-order valence-corrected chi connectivity index (χ3v) is 15.7. The summed E-state index contributed by atoms with van der Waals surface area (Å²) in [4.78, 5) is 4.15. The van der Waals surface area contributed by atoms with E-state index in [-0.39, 0.29) is 5.92 Å². The Labute approximate surface area is 231 Å². The van der Waals surface area contributed by atoms with Gasteiger partial charge in [0.1, 0.15) is 0 Å². The van der Waals surface area contributed by atoms with Gasteiger partial charge in [0.25, 0.3) is 0 Å². The van der Waals surface area contributed by atoms with Crippen LogP contribution >= 0.6 is 34.8 Å². The van der Waals surface area contributed by atoms with Crippen molar-refractivity contribution in [1.29, 1.82) is 0 Å². The van der Waals surface area contributed by atoms with Crippen molar-refractivity contribution in [3.8, 4) is 0 Å². The van der Waals surface area contributed by atoms with Crippen LogP contribution in [0.15, 0.2) is 24.4 Å². The van der Waals surface area contributed by atoms with Gasteiger partial charge in [-0.15, -0.1) is 0 Å². The van der Waals surface area contributed by atoms with Crippen LogP contribution in [-0.4, -0.2) is 69.4 Å². The van der Waals surface area contributed by atoms with Crippen molar-refractivity contribution in [2.24, 2.45) is 0 Å². The first kappa shape index (κ1) is 36.5. The molecule has 1 aromatic heterocycles. The number of halogens is 3. The van der Waals surface area contributed by atoms with E-state index in [0.717, 1.165) is 5.69 Å².